The molecule has 2 aromatic carbocycles. The molecule has 3 rings (SSSR count). The Bertz CT molecular complexity index is 647. The van der Waals surface area contributed by atoms with Crippen molar-refractivity contribution in [3.8, 4) is 0 Å². The highest BCUT2D eigenvalue weighted by molar-refractivity contribution is 5.45. The number of allylic oxidation sites excluding steroid dienone is 4. The maximum absolute atomic E-state index is 2.45. The molecular formula is C21H22. The smallest absolute Gasteiger partial charge is 0.0304 e. The molecule has 0 bridgehead atoms. The lowest BCUT2D eigenvalue weighted by molar-refractivity contribution is 0.889. The summed E-state index contributed by atoms with van der Waals surface area (Å²) in [6, 6.07) is 19.7. The second-order valence-electron chi connectivity index (χ2n) is 5.73. The van der Waals surface area contributed by atoms with Crippen molar-refractivity contribution in [2.75, 3.05) is 0 Å². The molecule has 21 heavy (non-hydrogen) atoms. The van der Waals surface area contributed by atoms with Crippen LogP contribution in [0.3, 0.4) is 0 Å². The SMILES string of the molecule is Cc1ccccc1C(C1=CCCC=CC1)c1ccccc1. The van der Waals surface area contributed by atoms with E-state index in [1.54, 1.807) is 0 Å². The summed E-state index contributed by atoms with van der Waals surface area (Å²) in [6.45, 7) is 2.22. The van der Waals surface area contributed by atoms with Gasteiger partial charge in [0, 0.05) is 5.92 Å². The van der Waals surface area contributed by atoms with Crippen LogP contribution in [-0.2, 0) is 0 Å². The summed E-state index contributed by atoms with van der Waals surface area (Å²) in [4.78, 5) is 0. The van der Waals surface area contributed by atoms with E-state index >= 15 is 0 Å². The van der Waals surface area contributed by atoms with Crippen molar-refractivity contribution in [2.45, 2.75) is 32.1 Å². The highest BCUT2D eigenvalue weighted by Crippen LogP contribution is 2.36. The molecule has 106 valence electrons. The first-order valence-electron chi connectivity index (χ1n) is 7.80. The van der Waals surface area contributed by atoms with Crippen molar-refractivity contribution in [2.24, 2.45) is 0 Å². The minimum absolute atomic E-state index is 0.384. The predicted molar refractivity (Wildman–Crippen MR) is 90.5 cm³/mol. The van der Waals surface area contributed by atoms with E-state index in [2.05, 4.69) is 79.7 Å². The van der Waals surface area contributed by atoms with E-state index in [-0.39, 0.29) is 0 Å². The van der Waals surface area contributed by atoms with Gasteiger partial charge in [-0.1, -0.05) is 78.4 Å². The Labute approximate surface area is 127 Å². The van der Waals surface area contributed by atoms with Crippen LogP contribution in [0.25, 0.3) is 0 Å². The number of hydrogen-bond donors (Lipinski definition) is 0. The van der Waals surface area contributed by atoms with Crippen LogP contribution in [-0.4, -0.2) is 0 Å². The van der Waals surface area contributed by atoms with Crippen LogP contribution in [0.1, 0.15) is 41.9 Å². The number of benzene rings is 2. The maximum Gasteiger partial charge on any atom is 0.0304 e. The highest BCUT2D eigenvalue weighted by atomic mass is 14.2. The zero-order chi connectivity index (χ0) is 14.5. The summed E-state index contributed by atoms with van der Waals surface area (Å²) in [7, 11) is 0. The lowest BCUT2D eigenvalue weighted by Gasteiger charge is -2.23. The minimum Gasteiger partial charge on any atom is -0.0879 e. The van der Waals surface area contributed by atoms with Crippen molar-refractivity contribution in [1.82, 2.24) is 0 Å². The normalized spacial score (nSPS) is 16.1. The molecule has 0 saturated carbocycles. The first kappa shape index (κ1) is 13.9. The predicted octanol–water partition coefficient (Wildman–Crippen LogP) is 5.79. The Balaban J connectivity index is 2.09. The molecule has 0 fully saturated rings. The fourth-order valence-electron chi connectivity index (χ4n) is 3.17. The van der Waals surface area contributed by atoms with E-state index in [0.29, 0.717) is 5.92 Å². The average molecular weight is 274 g/mol. The van der Waals surface area contributed by atoms with Gasteiger partial charge in [0.2, 0.25) is 0 Å². The van der Waals surface area contributed by atoms with E-state index in [1.165, 1.54) is 28.7 Å². The summed E-state index contributed by atoms with van der Waals surface area (Å²) in [5, 5.41) is 0. The van der Waals surface area contributed by atoms with Gasteiger partial charge in [-0.25, -0.2) is 0 Å². The van der Waals surface area contributed by atoms with Crippen molar-refractivity contribution in [3.05, 3.63) is 95.1 Å². The molecule has 0 amide bonds. The molecule has 2 aromatic rings. The monoisotopic (exact) mass is 274 g/mol. The second-order valence-corrected chi connectivity index (χ2v) is 5.73. The lowest BCUT2D eigenvalue weighted by Crippen LogP contribution is -2.06. The molecule has 0 nitrogen and oxygen atoms in total. The van der Waals surface area contributed by atoms with Crippen LogP contribution >= 0.6 is 0 Å². The molecule has 0 spiro atoms. The topological polar surface area (TPSA) is 0 Å². The minimum atomic E-state index is 0.384. The van der Waals surface area contributed by atoms with Crippen LogP contribution in [0.5, 0.6) is 0 Å². The molecule has 0 N–H and O–H groups in total. The maximum atomic E-state index is 2.45. The molecule has 1 unspecified atom stereocenters. The fraction of sp³-hybridized carbons (Fsp3) is 0.238. The summed E-state index contributed by atoms with van der Waals surface area (Å²) in [5.74, 6) is 0.384. The molecule has 1 atom stereocenters. The van der Waals surface area contributed by atoms with Gasteiger partial charge in [0.25, 0.3) is 0 Å². The summed E-state index contributed by atoms with van der Waals surface area (Å²) < 4.78 is 0. The van der Waals surface area contributed by atoms with Crippen molar-refractivity contribution >= 4 is 0 Å². The molecule has 0 aliphatic heterocycles. The van der Waals surface area contributed by atoms with Gasteiger partial charge < -0.3 is 0 Å². The third-order valence-corrected chi connectivity index (χ3v) is 4.26. The molecular weight excluding hydrogens is 252 g/mol. The average Bonchev–Trinajstić information content (AvgIpc) is 2.80. The first-order chi connectivity index (χ1) is 10.4. The largest absolute Gasteiger partial charge is 0.0879 e. The molecule has 0 saturated heterocycles. The molecule has 1 aliphatic carbocycles. The fourth-order valence-corrected chi connectivity index (χ4v) is 3.17. The summed E-state index contributed by atoms with van der Waals surface area (Å²) in [5.41, 5.74) is 5.74. The van der Waals surface area contributed by atoms with Gasteiger partial charge in [-0.3, -0.25) is 0 Å². The van der Waals surface area contributed by atoms with Crippen LogP contribution in [0.2, 0.25) is 0 Å². The number of hydrogen-bond acceptors (Lipinski definition) is 0. The lowest BCUT2D eigenvalue weighted by atomic mass is 9.81. The van der Waals surface area contributed by atoms with Crippen LogP contribution in [0, 0.1) is 6.92 Å². The van der Waals surface area contributed by atoms with Crippen molar-refractivity contribution < 1.29 is 0 Å². The van der Waals surface area contributed by atoms with Gasteiger partial charge in [-0.05, 0) is 42.9 Å². The van der Waals surface area contributed by atoms with E-state index in [4.69, 9.17) is 0 Å². The third-order valence-electron chi connectivity index (χ3n) is 4.26. The Morgan fingerprint density at radius 3 is 2.38 bits per heavy atom. The van der Waals surface area contributed by atoms with Crippen molar-refractivity contribution in [3.63, 3.8) is 0 Å². The third kappa shape index (κ3) is 3.16. The first-order valence-corrected chi connectivity index (χ1v) is 7.80. The molecule has 0 heteroatoms. The van der Waals surface area contributed by atoms with E-state index in [9.17, 15) is 0 Å². The Morgan fingerprint density at radius 1 is 0.810 bits per heavy atom. The molecule has 0 aromatic heterocycles. The summed E-state index contributed by atoms with van der Waals surface area (Å²) >= 11 is 0. The second kappa shape index (κ2) is 6.58. The quantitative estimate of drug-likeness (QED) is 0.621. The standard InChI is InChI=1S/C21H22/c1-17-11-9-10-16-20(17)21(19-14-7-4-8-15-19)18-12-5-2-3-6-13-18/h2,4-5,7-11,13-16,21H,3,6,12H2,1H3. The van der Waals surface area contributed by atoms with E-state index < -0.39 is 0 Å². The van der Waals surface area contributed by atoms with Gasteiger partial charge in [0.1, 0.15) is 0 Å². The number of rotatable bonds is 3. The number of aryl methyl sites for hydroxylation is 1. The van der Waals surface area contributed by atoms with Gasteiger partial charge in [-0.15, -0.1) is 0 Å². The molecule has 0 heterocycles. The Hall–Kier alpha value is -2.08. The van der Waals surface area contributed by atoms with Crippen LogP contribution < -0.4 is 0 Å². The van der Waals surface area contributed by atoms with E-state index in [1.807, 2.05) is 0 Å². The van der Waals surface area contributed by atoms with Gasteiger partial charge >= 0.3 is 0 Å². The zero-order valence-corrected chi connectivity index (χ0v) is 12.6. The van der Waals surface area contributed by atoms with Gasteiger partial charge in [0.05, 0.1) is 0 Å². The molecule has 0 radical (unpaired) electrons. The van der Waals surface area contributed by atoms with Gasteiger partial charge in [-0.2, -0.15) is 0 Å². The van der Waals surface area contributed by atoms with Gasteiger partial charge in [0.15, 0.2) is 0 Å². The van der Waals surface area contributed by atoms with Crippen LogP contribution in [0.15, 0.2) is 78.4 Å². The highest BCUT2D eigenvalue weighted by Gasteiger charge is 2.20. The van der Waals surface area contributed by atoms with Crippen LogP contribution in [0.4, 0.5) is 0 Å². The van der Waals surface area contributed by atoms with Crippen molar-refractivity contribution in [1.29, 1.82) is 0 Å². The summed E-state index contributed by atoms with van der Waals surface area (Å²) in [6.07, 6.45) is 10.5. The van der Waals surface area contributed by atoms with E-state index in [0.717, 1.165) is 12.8 Å². The Morgan fingerprint density at radius 2 is 1.57 bits per heavy atom. The zero-order valence-electron chi connectivity index (χ0n) is 12.6. The Kier molecular flexibility index (Phi) is 4.35. The molecule has 1 aliphatic rings.